The van der Waals surface area contributed by atoms with Crippen molar-refractivity contribution in [3.05, 3.63) is 0 Å². The van der Waals surface area contributed by atoms with E-state index in [0.29, 0.717) is 0 Å². The normalized spacial score (nSPS) is 13.5. The first-order valence-electron chi connectivity index (χ1n) is 4.72. The SMILES string of the molecule is CCCCCCCS(C)(C)C. The van der Waals surface area contributed by atoms with Crippen LogP contribution in [0.3, 0.4) is 0 Å². The van der Waals surface area contributed by atoms with Crippen molar-refractivity contribution in [2.75, 3.05) is 24.5 Å². The summed E-state index contributed by atoms with van der Waals surface area (Å²) in [7, 11) is -0.211. The first-order valence-corrected chi connectivity index (χ1v) is 7.75. The molecule has 0 aromatic heterocycles. The molecule has 0 aromatic rings. The van der Waals surface area contributed by atoms with Gasteiger partial charge in [-0.15, -0.1) is 0 Å². The van der Waals surface area contributed by atoms with Crippen molar-refractivity contribution in [2.45, 2.75) is 39.0 Å². The van der Waals surface area contributed by atoms with Crippen LogP contribution in [0.1, 0.15) is 39.0 Å². The Morgan fingerprint density at radius 2 is 1.36 bits per heavy atom. The second-order valence-electron chi connectivity index (χ2n) is 4.21. The van der Waals surface area contributed by atoms with Gasteiger partial charge in [0.2, 0.25) is 0 Å². The molecule has 0 nitrogen and oxygen atoms in total. The van der Waals surface area contributed by atoms with E-state index in [2.05, 4.69) is 25.7 Å². The van der Waals surface area contributed by atoms with Crippen molar-refractivity contribution >= 4 is 10.0 Å². The van der Waals surface area contributed by atoms with Gasteiger partial charge in [-0.1, -0.05) is 32.6 Å². The molecule has 0 aliphatic carbocycles. The van der Waals surface area contributed by atoms with Gasteiger partial charge in [0.15, 0.2) is 0 Å². The smallest absolute Gasteiger partial charge is 0.0235 e. The lowest BCUT2D eigenvalue weighted by atomic mass is 10.2. The van der Waals surface area contributed by atoms with Gasteiger partial charge < -0.3 is 0 Å². The van der Waals surface area contributed by atoms with Gasteiger partial charge in [-0.05, 0) is 30.9 Å². The molecule has 11 heavy (non-hydrogen) atoms. The second-order valence-corrected chi connectivity index (χ2v) is 8.80. The van der Waals surface area contributed by atoms with Gasteiger partial charge >= 0.3 is 0 Å². The van der Waals surface area contributed by atoms with E-state index in [-0.39, 0.29) is 10.0 Å². The van der Waals surface area contributed by atoms with Crippen molar-refractivity contribution in [1.29, 1.82) is 0 Å². The number of rotatable bonds is 6. The van der Waals surface area contributed by atoms with Crippen molar-refractivity contribution in [2.24, 2.45) is 0 Å². The molecule has 0 bridgehead atoms. The standard InChI is InChI=1S/C10H24S/c1-5-6-7-8-9-10-11(2,3)4/h5-10H2,1-4H3. The fourth-order valence-electron chi connectivity index (χ4n) is 1.14. The van der Waals surface area contributed by atoms with E-state index in [4.69, 9.17) is 0 Å². The maximum absolute atomic E-state index is 2.41. The van der Waals surface area contributed by atoms with Crippen LogP contribution in [-0.2, 0) is 0 Å². The predicted molar refractivity (Wildman–Crippen MR) is 59.0 cm³/mol. The zero-order valence-electron chi connectivity index (χ0n) is 8.65. The van der Waals surface area contributed by atoms with Gasteiger partial charge in [-0.3, -0.25) is 0 Å². The molecule has 0 N–H and O–H groups in total. The van der Waals surface area contributed by atoms with Gasteiger partial charge in [0.25, 0.3) is 0 Å². The topological polar surface area (TPSA) is 0 Å². The maximum atomic E-state index is 2.41. The molecule has 1 heteroatoms. The summed E-state index contributed by atoms with van der Waals surface area (Å²) in [6.07, 6.45) is 14.4. The van der Waals surface area contributed by atoms with Gasteiger partial charge in [0, 0.05) is 0 Å². The zero-order valence-corrected chi connectivity index (χ0v) is 9.47. The Kier molecular flexibility index (Phi) is 6.12. The lowest BCUT2D eigenvalue weighted by Crippen LogP contribution is -1.98. The van der Waals surface area contributed by atoms with Gasteiger partial charge in [-0.25, -0.2) is 10.0 Å². The molecule has 0 aliphatic rings. The summed E-state index contributed by atoms with van der Waals surface area (Å²) >= 11 is 0. The summed E-state index contributed by atoms with van der Waals surface area (Å²) in [5, 5.41) is 0. The van der Waals surface area contributed by atoms with Crippen molar-refractivity contribution < 1.29 is 0 Å². The van der Waals surface area contributed by atoms with E-state index >= 15 is 0 Å². The Hall–Kier alpha value is 0.350. The number of hydrogen-bond acceptors (Lipinski definition) is 0. The molecule has 0 rings (SSSR count). The molecular formula is C10H24S. The van der Waals surface area contributed by atoms with Crippen molar-refractivity contribution in [3.63, 3.8) is 0 Å². The molecule has 70 valence electrons. The third-order valence-electron chi connectivity index (χ3n) is 1.86. The van der Waals surface area contributed by atoms with Crippen molar-refractivity contribution in [1.82, 2.24) is 0 Å². The minimum atomic E-state index is -0.211. The van der Waals surface area contributed by atoms with Crippen LogP contribution in [0.5, 0.6) is 0 Å². The van der Waals surface area contributed by atoms with Crippen LogP contribution in [0, 0.1) is 0 Å². The van der Waals surface area contributed by atoms with E-state index in [9.17, 15) is 0 Å². The molecule has 0 spiro atoms. The monoisotopic (exact) mass is 176 g/mol. The highest BCUT2D eigenvalue weighted by Crippen LogP contribution is 2.35. The summed E-state index contributed by atoms with van der Waals surface area (Å²) in [5.41, 5.74) is 0. The van der Waals surface area contributed by atoms with Crippen LogP contribution in [0.15, 0.2) is 0 Å². The third kappa shape index (κ3) is 10.4. The van der Waals surface area contributed by atoms with E-state index in [1.165, 1.54) is 37.9 Å². The van der Waals surface area contributed by atoms with Crippen LogP contribution in [-0.4, -0.2) is 24.5 Å². The van der Waals surface area contributed by atoms with Crippen LogP contribution < -0.4 is 0 Å². The zero-order chi connectivity index (χ0) is 8.74. The number of hydrogen-bond donors (Lipinski definition) is 0. The third-order valence-corrected chi connectivity index (χ3v) is 3.37. The highest BCUT2D eigenvalue weighted by atomic mass is 32.3. The summed E-state index contributed by atoms with van der Waals surface area (Å²) < 4.78 is 0. The Labute approximate surface area is 74.1 Å². The first kappa shape index (κ1) is 11.4. The maximum Gasteiger partial charge on any atom is -0.0235 e. The first-order chi connectivity index (χ1) is 5.06. The highest BCUT2D eigenvalue weighted by Gasteiger charge is 2.01. The summed E-state index contributed by atoms with van der Waals surface area (Å²) in [5.74, 6) is 1.47. The molecule has 0 heterocycles. The van der Waals surface area contributed by atoms with Crippen LogP contribution in [0.25, 0.3) is 0 Å². The summed E-state index contributed by atoms with van der Waals surface area (Å²) in [4.78, 5) is 0. The Balaban J connectivity index is 3.02. The largest absolute Gasteiger partial charge is 0.250 e. The molecule has 0 unspecified atom stereocenters. The fourth-order valence-corrected chi connectivity index (χ4v) is 2.21. The van der Waals surface area contributed by atoms with Gasteiger partial charge in [-0.2, -0.15) is 0 Å². The minimum absolute atomic E-state index is 0.211. The predicted octanol–water partition coefficient (Wildman–Crippen LogP) is 3.65. The molecular weight excluding hydrogens is 152 g/mol. The van der Waals surface area contributed by atoms with E-state index in [1.54, 1.807) is 0 Å². The van der Waals surface area contributed by atoms with Gasteiger partial charge in [0.05, 0.1) is 0 Å². The van der Waals surface area contributed by atoms with E-state index < -0.39 is 0 Å². The molecule has 0 amide bonds. The minimum Gasteiger partial charge on any atom is -0.250 e. The fraction of sp³-hybridized carbons (Fsp3) is 1.00. The summed E-state index contributed by atoms with van der Waals surface area (Å²) in [6, 6.07) is 0. The average Bonchev–Trinajstić information content (AvgIpc) is 1.85. The Morgan fingerprint density at radius 3 is 1.82 bits per heavy atom. The summed E-state index contributed by atoms with van der Waals surface area (Å²) in [6.45, 7) is 2.27. The van der Waals surface area contributed by atoms with E-state index in [1.807, 2.05) is 0 Å². The van der Waals surface area contributed by atoms with Crippen LogP contribution >= 0.6 is 10.0 Å². The molecule has 0 aromatic carbocycles. The molecule has 0 radical (unpaired) electrons. The molecule has 0 saturated heterocycles. The molecule has 0 aliphatic heterocycles. The molecule has 0 fully saturated rings. The second kappa shape index (κ2) is 5.93. The quantitative estimate of drug-likeness (QED) is 0.542. The Morgan fingerprint density at radius 1 is 0.818 bits per heavy atom. The number of unbranched alkanes of at least 4 members (excludes halogenated alkanes) is 4. The van der Waals surface area contributed by atoms with Crippen LogP contribution in [0.2, 0.25) is 0 Å². The lowest BCUT2D eigenvalue weighted by molar-refractivity contribution is 0.658. The lowest BCUT2D eigenvalue weighted by Gasteiger charge is -2.24. The highest BCUT2D eigenvalue weighted by molar-refractivity contribution is 8.32. The van der Waals surface area contributed by atoms with Crippen LogP contribution in [0.4, 0.5) is 0 Å². The van der Waals surface area contributed by atoms with Crippen molar-refractivity contribution in [3.8, 4) is 0 Å². The van der Waals surface area contributed by atoms with Gasteiger partial charge in [0.1, 0.15) is 0 Å². The Bertz CT molecular complexity index is 81.4. The molecule has 0 atom stereocenters. The van der Waals surface area contributed by atoms with E-state index in [0.717, 1.165) is 0 Å². The average molecular weight is 176 g/mol. The molecule has 0 saturated carbocycles.